The van der Waals surface area contributed by atoms with Gasteiger partial charge in [0.15, 0.2) is 10.8 Å². The maximum absolute atomic E-state index is 12.5. The minimum atomic E-state index is -0.965. The van der Waals surface area contributed by atoms with Gasteiger partial charge in [0, 0.05) is 19.8 Å². The maximum atomic E-state index is 12.5. The molecule has 0 saturated carbocycles. The smallest absolute Gasteiger partial charge is 0.311 e. The number of hydrogen-bond donors (Lipinski definition) is 2. The van der Waals surface area contributed by atoms with Crippen LogP contribution in [0.2, 0.25) is 0 Å². The van der Waals surface area contributed by atoms with Crippen LogP contribution < -0.4 is 5.32 Å². The average molecular weight is 364 g/mol. The fourth-order valence-corrected chi connectivity index (χ4v) is 3.76. The molecule has 0 atom stereocenters. The molecule has 1 amide bonds. The normalized spacial score (nSPS) is 16.6. The number of aromatic nitrogens is 1. The molecular formula is C17H20N2O5S. The average Bonchev–Trinajstić information content (AvgIpc) is 3.19. The van der Waals surface area contributed by atoms with Gasteiger partial charge in [0.05, 0.1) is 11.1 Å². The highest BCUT2D eigenvalue weighted by Crippen LogP contribution is 2.32. The number of carboxylic acids is 1. The number of nitrogens with one attached hydrogen (secondary N) is 1. The Morgan fingerprint density at radius 3 is 2.64 bits per heavy atom. The van der Waals surface area contributed by atoms with Crippen molar-refractivity contribution in [3.05, 3.63) is 28.5 Å². The summed E-state index contributed by atoms with van der Waals surface area (Å²) in [5, 5.41) is 13.0. The zero-order chi connectivity index (χ0) is 18.0. The fourth-order valence-electron chi connectivity index (χ4n) is 2.82. The van der Waals surface area contributed by atoms with E-state index >= 15 is 0 Å². The molecule has 1 aliphatic heterocycles. The molecule has 7 nitrogen and oxygen atoms in total. The zero-order valence-electron chi connectivity index (χ0n) is 14.1. The molecular weight excluding hydrogens is 344 g/mol. The van der Waals surface area contributed by atoms with Crippen LogP contribution in [-0.2, 0) is 9.53 Å². The number of furan rings is 1. The van der Waals surface area contributed by atoms with Gasteiger partial charge in [0.2, 0.25) is 0 Å². The summed E-state index contributed by atoms with van der Waals surface area (Å²) in [5.74, 6) is 0.188. The van der Waals surface area contributed by atoms with Crippen molar-refractivity contribution in [2.45, 2.75) is 26.7 Å². The highest BCUT2D eigenvalue weighted by Gasteiger charge is 2.40. The number of carbonyl (C=O) groups is 2. The molecule has 0 unspecified atom stereocenters. The molecule has 25 heavy (non-hydrogen) atoms. The predicted octanol–water partition coefficient (Wildman–Crippen LogP) is 2.63. The van der Waals surface area contributed by atoms with E-state index in [1.807, 2.05) is 19.1 Å². The summed E-state index contributed by atoms with van der Waals surface area (Å²) in [6.45, 7) is 4.47. The number of hydrogen-bond acceptors (Lipinski definition) is 6. The molecule has 134 valence electrons. The van der Waals surface area contributed by atoms with E-state index in [0.29, 0.717) is 47.4 Å². The van der Waals surface area contributed by atoms with Crippen LogP contribution in [0, 0.1) is 19.3 Å². The number of thiazole rings is 1. The monoisotopic (exact) mass is 364 g/mol. The summed E-state index contributed by atoms with van der Waals surface area (Å²) in [5.41, 5.74) is -0.365. The maximum Gasteiger partial charge on any atom is 0.311 e. The van der Waals surface area contributed by atoms with Crippen molar-refractivity contribution in [3.63, 3.8) is 0 Å². The van der Waals surface area contributed by atoms with Gasteiger partial charge in [0.1, 0.15) is 10.6 Å². The number of nitrogens with zero attached hydrogens (tertiary/aromatic N) is 1. The minimum Gasteiger partial charge on any atom is -0.481 e. The van der Waals surface area contributed by atoms with E-state index in [1.54, 1.807) is 6.92 Å². The Morgan fingerprint density at radius 1 is 1.32 bits per heavy atom. The molecule has 0 aromatic carbocycles. The van der Waals surface area contributed by atoms with E-state index in [9.17, 15) is 14.7 Å². The number of aryl methyl sites for hydroxylation is 2. The first-order chi connectivity index (χ1) is 11.9. The van der Waals surface area contributed by atoms with Crippen LogP contribution in [0.15, 0.2) is 16.5 Å². The summed E-state index contributed by atoms with van der Waals surface area (Å²) in [6, 6.07) is 3.66. The third-order valence-electron chi connectivity index (χ3n) is 4.44. The van der Waals surface area contributed by atoms with Gasteiger partial charge in [-0.1, -0.05) is 0 Å². The standard InChI is InChI=1S/C17H20N2O5S/c1-10-3-4-12(24-10)15-19-11(2)13(25-15)14(20)18-9-17(16(21)22)5-7-23-8-6-17/h3-4H,5-9H2,1-2H3,(H,18,20)(H,21,22). The number of amides is 1. The van der Waals surface area contributed by atoms with E-state index in [4.69, 9.17) is 9.15 Å². The van der Waals surface area contributed by atoms with Gasteiger partial charge in [-0.05, 0) is 38.8 Å². The lowest BCUT2D eigenvalue weighted by Crippen LogP contribution is -2.46. The van der Waals surface area contributed by atoms with Crippen LogP contribution in [0.4, 0.5) is 0 Å². The third-order valence-corrected chi connectivity index (χ3v) is 5.62. The third kappa shape index (κ3) is 3.59. The van der Waals surface area contributed by atoms with E-state index < -0.39 is 11.4 Å². The highest BCUT2D eigenvalue weighted by molar-refractivity contribution is 7.17. The number of carboxylic acid groups (broad SMARTS) is 1. The Balaban J connectivity index is 1.73. The number of aliphatic carboxylic acids is 1. The predicted molar refractivity (Wildman–Crippen MR) is 91.7 cm³/mol. The van der Waals surface area contributed by atoms with Gasteiger partial charge in [0.25, 0.3) is 5.91 Å². The van der Waals surface area contributed by atoms with Crippen LogP contribution in [0.5, 0.6) is 0 Å². The van der Waals surface area contributed by atoms with Crippen molar-refractivity contribution in [2.24, 2.45) is 5.41 Å². The Bertz CT molecular complexity index is 789. The van der Waals surface area contributed by atoms with Crippen molar-refractivity contribution in [1.82, 2.24) is 10.3 Å². The van der Waals surface area contributed by atoms with Crippen molar-refractivity contribution >= 4 is 23.2 Å². The first kappa shape index (κ1) is 17.6. The van der Waals surface area contributed by atoms with Gasteiger partial charge >= 0.3 is 5.97 Å². The molecule has 1 saturated heterocycles. The summed E-state index contributed by atoms with van der Waals surface area (Å²) in [4.78, 5) is 29.0. The van der Waals surface area contributed by atoms with Crippen LogP contribution >= 0.6 is 11.3 Å². The van der Waals surface area contributed by atoms with E-state index in [0.717, 1.165) is 5.76 Å². The van der Waals surface area contributed by atoms with E-state index in [-0.39, 0.29) is 12.5 Å². The molecule has 0 bridgehead atoms. The molecule has 2 N–H and O–H groups in total. The van der Waals surface area contributed by atoms with E-state index in [1.165, 1.54) is 11.3 Å². The summed E-state index contributed by atoms with van der Waals surface area (Å²) in [7, 11) is 0. The summed E-state index contributed by atoms with van der Waals surface area (Å²) >= 11 is 1.24. The van der Waals surface area contributed by atoms with Gasteiger partial charge in [-0.3, -0.25) is 9.59 Å². The van der Waals surface area contributed by atoms with Gasteiger partial charge < -0.3 is 19.6 Å². The molecule has 1 fully saturated rings. The first-order valence-electron chi connectivity index (χ1n) is 8.05. The Hall–Kier alpha value is -2.19. The molecule has 3 rings (SSSR count). The molecule has 3 heterocycles. The van der Waals surface area contributed by atoms with Crippen LogP contribution in [0.3, 0.4) is 0 Å². The van der Waals surface area contributed by atoms with Gasteiger partial charge in [-0.15, -0.1) is 11.3 Å². The van der Waals surface area contributed by atoms with Crippen molar-refractivity contribution in [3.8, 4) is 10.8 Å². The quantitative estimate of drug-likeness (QED) is 0.846. The van der Waals surface area contributed by atoms with Gasteiger partial charge in [-0.25, -0.2) is 4.98 Å². The zero-order valence-corrected chi connectivity index (χ0v) is 14.9. The SMILES string of the molecule is Cc1ccc(-c2nc(C)c(C(=O)NCC3(C(=O)O)CCOCC3)s2)o1. The second kappa shape index (κ2) is 6.97. The van der Waals surface area contributed by atoms with Crippen LogP contribution in [0.1, 0.15) is 34.0 Å². The van der Waals surface area contributed by atoms with Crippen molar-refractivity contribution in [1.29, 1.82) is 0 Å². The van der Waals surface area contributed by atoms with Gasteiger partial charge in [-0.2, -0.15) is 0 Å². The Labute approximate surface area is 149 Å². The summed E-state index contributed by atoms with van der Waals surface area (Å²) in [6.07, 6.45) is 0.780. The first-order valence-corrected chi connectivity index (χ1v) is 8.86. The molecule has 8 heteroatoms. The Morgan fingerprint density at radius 2 is 2.04 bits per heavy atom. The lowest BCUT2D eigenvalue weighted by molar-refractivity contribution is -0.154. The largest absolute Gasteiger partial charge is 0.481 e. The molecule has 0 radical (unpaired) electrons. The minimum absolute atomic E-state index is 0.0804. The van der Waals surface area contributed by atoms with Crippen molar-refractivity contribution < 1.29 is 23.8 Å². The van der Waals surface area contributed by atoms with Crippen LogP contribution in [-0.4, -0.2) is 41.7 Å². The number of carbonyl (C=O) groups excluding carboxylic acids is 1. The summed E-state index contributed by atoms with van der Waals surface area (Å²) < 4.78 is 10.8. The molecule has 2 aromatic heterocycles. The number of ether oxygens (including phenoxy) is 1. The Kier molecular flexibility index (Phi) is 4.91. The molecule has 2 aromatic rings. The number of rotatable bonds is 5. The molecule has 0 spiro atoms. The molecule has 1 aliphatic rings. The lowest BCUT2D eigenvalue weighted by Gasteiger charge is -2.33. The fraction of sp³-hybridized carbons (Fsp3) is 0.471. The molecule has 0 aliphatic carbocycles. The van der Waals surface area contributed by atoms with Crippen LogP contribution in [0.25, 0.3) is 10.8 Å². The highest BCUT2D eigenvalue weighted by atomic mass is 32.1. The lowest BCUT2D eigenvalue weighted by atomic mass is 9.80. The second-order valence-electron chi connectivity index (χ2n) is 6.22. The topological polar surface area (TPSA) is 102 Å². The van der Waals surface area contributed by atoms with E-state index in [2.05, 4.69) is 10.3 Å². The second-order valence-corrected chi connectivity index (χ2v) is 7.22. The van der Waals surface area contributed by atoms with Crippen molar-refractivity contribution in [2.75, 3.05) is 19.8 Å².